The lowest BCUT2D eigenvalue weighted by Gasteiger charge is -2.05. The van der Waals surface area contributed by atoms with Gasteiger partial charge in [0.05, 0.1) is 0 Å². The van der Waals surface area contributed by atoms with Crippen LogP contribution < -0.4 is 0 Å². The topological polar surface area (TPSA) is 32.9 Å². The lowest BCUT2D eigenvalue weighted by molar-refractivity contribution is 0.0982. The van der Waals surface area contributed by atoms with Gasteiger partial charge in [0.25, 0.3) is 0 Å². The van der Waals surface area contributed by atoms with Crippen LogP contribution in [0.3, 0.4) is 0 Å². The van der Waals surface area contributed by atoms with Crippen LogP contribution in [0, 0.1) is 0 Å². The molecule has 2 nitrogen and oxygen atoms in total. The van der Waals surface area contributed by atoms with E-state index in [0.29, 0.717) is 12.2 Å². The molecule has 0 atom stereocenters. The van der Waals surface area contributed by atoms with Crippen LogP contribution in [0.5, 0.6) is 0 Å². The van der Waals surface area contributed by atoms with Crippen LogP contribution in [-0.2, 0) is 6.42 Å². The number of hydrogen-bond donors (Lipinski definition) is 1. The molecule has 0 aliphatic heterocycles. The second kappa shape index (κ2) is 3.23. The molecule has 0 bridgehead atoms. The molecule has 0 saturated heterocycles. The zero-order valence-electron chi connectivity index (χ0n) is 8.55. The van der Waals surface area contributed by atoms with Crippen molar-refractivity contribution < 1.29 is 4.79 Å². The first-order chi connectivity index (χ1) is 7.36. The molecule has 1 aliphatic rings. The Bertz CT molecular complexity index is 524. The summed E-state index contributed by atoms with van der Waals surface area (Å²) in [7, 11) is 0. The highest BCUT2D eigenvalue weighted by Crippen LogP contribution is 2.27. The molecule has 1 aromatic carbocycles. The zero-order chi connectivity index (χ0) is 10.3. The third-order valence-corrected chi connectivity index (χ3v) is 3.23. The van der Waals surface area contributed by atoms with Crippen LogP contribution >= 0.6 is 0 Å². The van der Waals surface area contributed by atoms with E-state index in [0.717, 1.165) is 30.3 Å². The highest BCUT2D eigenvalue weighted by atomic mass is 16.1. The van der Waals surface area contributed by atoms with E-state index < -0.39 is 0 Å². The van der Waals surface area contributed by atoms with Gasteiger partial charge >= 0.3 is 0 Å². The molecule has 1 heterocycles. The summed E-state index contributed by atoms with van der Waals surface area (Å²) in [5, 5.41) is 1.22. The van der Waals surface area contributed by atoms with Crippen molar-refractivity contribution in [3.63, 3.8) is 0 Å². The number of aryl methyl sites for hydroxylation is 1. The largest absolute Gasteiger partial charge is 0.361 e. The second-order valence-electron chi connectivity index (χ2n) is 4.16. The number of carbonyl (C=O) groups excluding carboxylic acids is 1. The fraction of sp³-hybridized carbons (Fsp3) is 0.308. The second-order valence-corrected chi connectivity index (χ2v) is 4.16. The van der Waals surface area contributed by atoms with Gasteiger partial charge in [-0.25, -0.2) is 0 Å². The van der Waals surface area contributed by atoms with Crippen molar-refractivity contribution in [3.8, 4) is 0 Å². The number of fused-ring (bicyclic) bond motifs is 3. The van der Waals surface area contributed by atoms with Crippen molar-refractivity contribution in [2.45, 2.75) is 25.7 Å². The summed E-state index contributed by atoms with van der Waals surface area (Å²) in [4.78, 5) is 15.1. The molecule has 0 amide bonds. The summed E-state index contributed by atoms with van der Waals surface area (Å²) in [6.45, 7) is 0. The number of carbonyl (C=O) groups is 1. The average molecular weight is 199 g/mol. The van der Waals surface area contributed by atoms with E-state index in [1.807, 2.05) is 18.3 Å². The molecule has 1 aliphatic carbocycles. The van der Waals surface area contributed by atoms with E-state index in [-0.39, 0.29) is 0 Å². The average Bonchev–Trinajstić information content (AvgIpc) is 2.64. The van der Waals surface area contributed by atoms with Gasteiger partial charge in [0.15, 0.2) is 5.78 Å². The number of ketones is 1. The molecule has 0 fully saturated rings. The molecule has 0 unspecified atom stereocenters. The quantitative estimate of drug-likeness (QED) is 0.650. The Balaban J connectivity index is 2.31. The molecule has 0 saturated carbocycles. The van der Waals surface area contributed by atoms with Crippen LogP contribution in [0.4, 0.5) is 0 Å². The van der Waals surface area contributed by atoms with Crippen molar-refractivity contribution in [1.82, 2.24) is 4.98 Å². The van der Waals surface area contributed by atoms with E-state index in [1.165, 1.54) is 10.9 Å². The van der Waals surface area contributed by atoms with Crippen LogP contribution in [0.15, 0.2) is 24.4 Å². The Hall–Kier alpha value is -1.57. The molecule has 1 N–H and O–H groups in total. The Kier molecular flexibility index (Phi) is 1.88. The van der Waals surface area contributed by atoms with Gasteiger partial charge in [-0.2, -0.15) is 0 Å². The first-order valence-electron chi connectivity index (χ1n) is 5.48. The molecular formula is C13H13NO. The van der Waals surface area contributed by atoms with E-state index in [4.69, 9.17) is 0 Å². The number of rotatable bonds is 0. The number of aromatic nitrogens is 1. The smallest absolute Gasteiger partial charge is 0.163 e. The molecule has 3 rings (SSSR count). The van der Waals surface area contributed by atoms with Gasteiger partial charge in [-0.3, -0.25) is 4.79 Å². The van der Waals surface area contributed by atoms with Crippen molar-refractivity contribution in [2.24, 2.45) is 0 Å². The minimum atomic E-state index is 0.311. The maximum atomic E-state index is 11.9. The maximum Gasteiger partial charge on any atom is 0.163 e. The predicted octanol–water partition coefficient (Wildman–Crippen LogP) is 3.08. The molecular weight excluding hydrogens is 186 g/mol. The number of Topliss-reactive ketones (excluding diaryl/α,β-unsaturated/α-hetero) is 1. The van der Waals surface area contributed by atoms with Gasteiger partial charge in [0, 0.05) is 29.1 Å². The third kappa shape index (κ3) is 1.29. The van der Waals surface area contributed by atoms with Crippen molar-refractivity contribution in [3.05, 3.63) is 35.5 Å². The lowest BCUT2D eigenvalue weighted by Crippen LogP contribution is -1.99. The van der Waals surface area contributed by atoms with Crippen LogP contribution in [-0.4, -0.2) is 10.8 Å². The zero-order valence-corrected chi connectivity index (χ0v) is 8.55. The maximum absolute atomic E-state index is 11.9. The highest BCUT2D eigenvalue weighted by molar-refractivity contribution is 6.02. The first-order valence-corrected chi connectivity index (χ1v) is 5.48. The van der Waals surface area contributed by atoms with E-state index in [9.17, 15) is 4.79 Å². The van der Waals surface area contributed by atoms with Gasteiger partial charge in [-0.1, -0.05) is 0 Å². The molecule has 0 spiro atoms. The predicted molar refractivity (Wildman–Crippen MR) is 60.2 cm³/mol. The van der Waals surface area contributed by atoms with Crippen LogP contribution in [0.25, 0.3) is 10.9 Å². The number of H-pyrrole nitrogens is 1. The minimum Gasteiger partial charge on any atom is -0.361 e. The monoisotopic (exact) mass is 199 g/mol. The Morgan fingerprint density at radius 3 is 2.87 bits per heavy atom. The van der Waals surface area contributed by atoms with Gasteiger partial charge < -0.3 is 4.98 Å². The molecule has 2 aromatic rings. The number of hydrogen-bond acceptors (Lipinski definition) is 1. The summed E-state index contributed by atoms with van der Waals surface area (Å²) < 4.78 is 0. The number of nitrogens with one attached hydrogen (secondary N) is 1. The Morgan fingerprint density at radius 1 is 1.07 bits per heavy atom. The standard InChI is InChI=1S/C13H13NO/c15-13-4-2-1-3-9-10-7-8-14-12(10)6-5-11(9)13/h5-8,14H,1-4H2. The summed E-state index contributed by atoms with van der Waals surface area (Å²) in [5.74, 6) is 0.311. The number of benzene rings is 1. The SMILES string of the molecule is O=C1CCCCc2c1ccc1[nH]ccc21. The molecule has 1 aromatic heterocycles. The van der Waals surface area contributed by atoms with Gasteiger partial charge in [-0.15, -0.1) is 0 Å². The van der Waals surface area contributed by atoms with Crippen molar-refractivity contribution >= 4 is 16.7 Å². The molecule has 15 heavy (non-hydrogen) atoms. The lowest BCUT2D eigenvalue weighted by atomic mass is 9.98. The third-order valence-electron chi connectivity index (χ3n) is 3.23. The molecule has 2 heteroatoms. The van der Waals surface area contributed by atoms with Crippen LogP contribution in [0.1, 0.15) is 35.2 Å². The van der Waals surface area contributed by atoms with Gasteiger partial charge in [0.1, 0.15) is 0 Å². The van der Waals surface area contributed by atoms with Crippen molar-refractivity contribution in [2.75, 3.05) is 0 Å². The van der Waals surface area contributed by atoms with E-state index >= 15 is 0 Å². The first kappa shape index (κ1) is 8.72. The van der Waals surface area contributed by atoms with Crippen molar-refractivity contribution in [1.29, 1.82) is 0 Å². The Labute approximate surface area is 88.3 Å². The normalized spacial score (nSPS) is 16.4. The summed E-state index contributed by atoms with van der Waals surface area (Å²) in [5.41, 5.74) is 3.33. The Morgan fingerprint density at radius 2 is 1.93 bits per heavy atom. The molecule has 0 radical (unpaired) electrons. The highest BCUT2D eigenvalue weighted by Gasteiger charge is 2.17. The van der Waals surface area contributed by atoms with Gasteiger partial charge in [-0.05, 0) is 43.0 Å². The minimum absolute atomic E-state index is 0.311. The summed E-state index contributed by atoms with van der Waals surface area (Å²) >= 11 is 0. The van der Waals surface area contributed by atoms with E-state index in [1.54, 1.807) is 0 Å². The summed E-state index contributed by atoms with van der Waals surface area (Å²) in [6, 6.07) is 6.06. The fourth-order valence-corrected chi connectivity index (χ4v) is 2.45. The number of aromatic amines is 1. The van der Waals surface area contributed by atoms with Gasteiger partial charge in [0.2, 0.25) is 0 Å². The molecule has 76 valence electrons. The fourth-order valence-electron chi connectivity index (χ4n) is 2.45. The summed E-state index contributed by atoms with van der Waals surface area (Å²) in [6.07, 6.45) is 5.85. The van der Waals surface area contributed by atoms with Crippen LogP contribution in [0.2, 0.25) is 0 Å². The van der Waals surface area contributed by atoms with E-state index in [2.05, 4.69) is 11.1 Å².